The van der Waals surface area contributed by atoms with Gasteiger partial charge in [-0.3, -0.25) is 0 Å². The molecule has 0 radical (unpaired) electrons. The topological polar surface area (TPSA) is 4.93 Å². The van der Waals surface area contributed by atoms with E-state index in [0.29, 0.717) is 0 Å². The van der Waals surface area contributed by atoms with Gasteiger partial charge in [-0.15, -0.1) is 0 Å². The molecule has 0 saturated carbocycles. The predicted octanol–water partition coefficient (Wildman–Crippen LogP) is 10.3. The number of hydrogen-bond donors (Lipinski definition) is 0. The first-order chi connectivity index (χ1) is 19.8. The van der Waals surface area contributed by atoms with Gasteiger partial charge in [-0.25, -0.2) is 0 Å². The first-order valence-electron chi connectivity index (χ1n) is 14.0. The molecule has 0 fully saturated rings. The molecule has 0 unspecified atom stereocenters. The van der Waals surface area contributed by atoms with Crippen molar-refractivity contribution < 1.29 is 0 Å². The van der Waals surface area contributed by atoms with Gasteiger partial charge in [0.15, 0.2) is 0 Å². The van der Waals surface area contributed by atoms with E-state index in [9.17, 15) is 0 Å². The number of hydrogen-bond acceptors (Lipinski definition) is 0. The zero-order valence-corrected chi connectivity index (χ0v) is 21.9. The van der Waals surface area contributed by atoms with E-state index in [2.05, 4.69) is 144 Å². The number of para-hydroxylation sites is 2. The highest BCUT2D eigenvalue weighted by Crippen LogP contribution is 2.46. The van der Waals surface area contributed by atoms with Crippen LogP contribution in [0.2, 0.25) is 0 Å². The Hall–Kier alpha value is -5.14. The minimum absolute atomic E-state index is 0.968. The van der Waals surface area contributed by atoms with Crippen LogP contribution < -0.4 is 0 Å². The van der Waals surface area contributed by atoms with Gasteiger partial charge >= 0.3 is 0 Å². The van der Waals surface area contributed by atoms with Crippen LogP contribution in [0.15, 0.2) is 140 Å². The van der Waals surface area contributed by atoms with Crippen LogP contribution in [0.3, 0.4) is 0 Å². The van der Waals surface area contributed by atoms with Crippen molar-refractivity contribution in [1.82, 2.24) is 4.57 Å². The third-order valence-electron chi connectivity index (χ3n) is 8.79. The van der Waals surface area contributed by atoms with E-state index in [1.54, 1.807) is 0 Å². The molecule has 1 heteroatoms. The first-order valence-corrected chi connectivity index (χ1v) is 14.0. The molecule has 0 atom stereocenters. The summed E-state index contributed by atoms with van der Waals surface area (Å²) in [5.41, 5.74) is 11.8. The molecule has 8 aromatic rings. The molecule has 1 nitrogen and oxygen atoms in total. The number of fused-ring (bicyclic) bond motifs is 7. The fourth-order valence-electron chi connectivity index (χ4n) is 7.07. The molecule has 186 valence electrons. The Morgan fingerprint density at radius 1 is 0.450 bits per heavy atom. The molecule has 0 amide bonds. The largest absolute Gasteiger partial charge is 0.309 e. The average molecular weight is 508 g/mol. The van der Waals surface area contributed by atoms with Crippen molar-refractivity contribution >= 4 is 43.4 Å². The number of nitrogens with zero attached hydrogens (tertiary/aromatic N) is 1. The summed E-state index contributed by atoms with van der Waals surface area (Å²) in [6.07, 6.45) is 0.968. The van der Waals surface area contributed by atoms with Crippen molar-refractivity contribution in [2.75, 3.05) is 0 Å². The van der Waals surface area contributed by atoms with E-state index >= 15 is 0 Å². The molecule has 0 bridgehead atoms. The molecule has 9 rings (SSSR count). The van der Waals surface area contributed by atoms with Crippen LogP contribution >= 0.6 is 0 Å². The second-order valence-electron chi connectivity index (χ2n) is 10.9. The third-order valence-corrected chi connectivity index (χ3v) is 8.79. The van der Waals surface area contributed by atoms with Crippen LogP contribution in [0.5, 0.6) is 0 Å². The van der Waals surface area contributed by atoms with Gasteiger partial charge in [0.2, 0.25) is 0 Å². The highest BCUT2D eigenvalue weighted by atomic mass is 15.0. The Balaban J connectivity index is 1.33. The van der Waals surface area contributed by atoms with E-state index in [1.807, 2.05) is 0 Å². The van der Waals surface area contributed by atoms with E-state index in [-0.39, 0.29) is 0 Å². The van der Waals surface area contributed by atoms with Crippen molar-refractivity contribution in [2.24, 2.45) is 0 Å². The molecule has 1 aromatic heterocycles. The quantitative estimate of drug-likeness (QED) is 0.219. The van der Waals surface area contributed by atoms with E-state index < -0.39 is 0 Å². The second kappa shape index (κ2) is 8.18. The normalized spacial score (nSPS) is 12.4. The highest BCUT2D eigenvalue weighted by Gasteiger charge is 2.22. The summed E-state index contributed by atoms with van der Waals surface area (Å²) >= 11 is 0. The second-order valence-corrected chi connectivity index (χ2v) is 10.9. The van der Waals surface area contributed by atoms with Gasteiger partial charge in [0.25, 0.3) is 0 Å². The Bertz CT molecular complexity index is 2290. The molecule has 1 aliphatic carbocycles. The first kappa shape index (κ1) is 21.8. The SMILES string of the molecule is c1ccc(-n2c3ccccc3c3ccc(-c4ccc5c6c(cccc46)-c4c(ccc6ccccc46)C5)cc32)cc1. The molecule has 7 aromatic carbocycles. The standard InChI is InChI=1S/C39H25N/c1-2-10-29(11-3-1)40-36-16-7-6-13-32(36)33-22-19-26(24-37(33)40)30-21-20-28-23-27-18-17-25-9-4-5-12-31(25)38(27)35-15-8-14-34(30)39(28)35/h1-22,24H,23H2. The van der Waals surface area contributed by atoms with E-state index in [1.165, 1.54) is 82.4 Å². The van der Waals surface area contributed by atoms with Crippen LogP contribution in [0.25, 0.3) is 71.3 Å². The zero-order chi connectivity index (χ0) is 26.2. The Kier molecular flexibility index (Phi) is 4.45. The van der Waals surface area contributed by atoms with Crippen molar-refractivity contribution in [3.05, 3.63) is 151 Å². The van der Waals surface area contributed by atoms with Crippen molar-refractivity contribution in [3.63, 3.8) is 0 Å². The molecule has 0 aliphatic heterocycles. The predicted molar refractivity (Wildman–Crippen MR) is 169 cm³/mol. The summed E-state index contributed by atoms with van der Waals surface area (Å²) in [4.78, 5) is 0. The van der Waals surface area contributed by atoms with Crippen LogP contribution in [0.1, 0.15) is 11.1 Å². The molecular formula is C39H25N. The Morgan fingerprint density at radius 2 is 1.20 bits per heavy atom. The summed E-state index contributed by atoms with van der Waals surface area (Å²) in [6.45, 7) is 0. The van der Waals surface area contributed by atoms with Crippen molar-refractivity contribution in [3.8, 4) is 27.9 Å². The molecule has 0 spiro atoms. The summed E-state index contributed by atoms with van der Waals surface area (Å²) < 4.78 is 2.40. The Morgan fingerprint density at radius 3 is 2.12 bits per heavy atom. The van der Waals surface area contributed by atoms with Crippen LogP contribution in [-0.2, 0) is 6.42 Å². The minimum Gasteiger partial charge on any atom is -0.309 e. The van der Waals surface area contributed by atoms with Crippen molar-refractivity contribution in [2.45, 2.75) is 6.42 Å². The lowest BCUT2D eigenvalue weighted by molar-refractivity contribution is 1.18. The van der Waals surface area contributed by atoms with Gasteiger partial charge in [0.05, 0.1) is 11.0 Å². The highest BCUT2D eigenvalue weighted by molar-refractivity contribution is 6.14. The van der Waals surface area contributed by atoms with Crippen molar-refractivity contribution in [1.29, 1.82) is 0 Å². The van der Waals surface area contributed by atoms with Gasteiger partial charge in [-0.2, -0.15) is 0 Å². The van der Waals surface area contributed by atoms with Gasteiger partial charge in [-0.1, -0.05) is 115 Å². The van der Waals surface area contributed by atoms with Gasteiger partial charge < -0.3 is 4.57 Å². The van der Waals surface area contributed by atoms with Gasteiger partial charge in [0.1, 0.15) is 0 Å². The molecule has 0 N–H and O–H groups in total. The smallest absolute Gasteiger partial charge is 0.0547 e. The summed E-state index contributed by atoms with van der Waals surface area (Å²) in [5, 5.41) is 7.94. The molecular weight excluding hydrogens is 482 g/mol. The third kappa shape index (κ3) is 2.98. The number of benzene rings is 7. The minimum atomic E-state index is 0.968. The van der Waals surface area contributed by atoms with Gasteiger partial charge in [0, 0.05) is 16.5 Å². The maximum atomic E-state index is 2.40. The molecule has 0 saturated heterocycles. The molecule has 1 heterocycles. The zero-order valence-electron chi connectivity index (χ0n) is 21.9. The number of rotatable bonds is 2. The summed E-state index contributed by atoms with van der Waals surface area (Å²) in [5.74, 6) is 0. The fourth-order valence-corrected chi connectivity index (χ4v) is 7.07. The summed E-state index contributed by atoms with van der Waals surface area (Å²) in [6, 6.07) is 51.4. The average Bonchev–Trinajstić information content (AvgIpc) is 3.35. The van der Waals surface area contributed by atoms with E-state index in [4.69, 9.17) is 0 Å². The fraction of sp³-hybridized carbons (Fsp3) is 0.0256. The monoisotopic (exact) mass is 507 g/mol. The van der Waals surface area contributed by atoms with Crippen LogP contribution in [0, 0.1) is 0 Å². The lowest BCUT2D eigenvalue weighted by Crippen LogP contribution is -2.02. The van der Waals surface area contributed by atoms with Gasteiger partial charge in [-0.05, 0) is 85.6 Å². The van der Waals surface area contributed by atoms with Crippen LogP contribution in [0.4, 0.5) is 0 Å². The molecule has 40 heavy (non-hydrogen) atoms. The summed E-state index contributed by atoms with van der Waals surface area (Å²) in [7, 11) is 0. The van der Waals surface area contributed by atoms with E-state index in [0.717, 1.165) is 6.42 Å². The lowest BCUT2D eigenvalue weighted by atomic mass is 9.80. The maximum Gasteiger partial charge on any atom is 0.0547 e. The Labute approximate surface area is 232 Å². The van der Waals surface area contributed by atoms with Crippen LogP contribution in [-0.4, -0.2) is 4.57 Å². The maximum absolute atomic E-state index is 2.40. The molecule has 1 aliphatic rings. The number of aromatic nitrogens is 1. The lowest BCUT2D eigenvalue weighted by Gasteiger charge is -2.24.